The second-order valence-corrected chi connectivity index (χ2v) is 5.80. The van der Waals surface area contributed by atoms with E-state index in [1.807, 2.05) is 6.07 Å². The van der Waals surface area contributed by atoms with E-state index in [-0.39, 0.29) is 18.2 Å². The Bertz CT molecular complexity index is 1060. The molecule has 3 heterocycles. The number of nitrogens with one attached hydrogen (secondary N) is 2. The van der Waals surface area contributed by atoms with Crippen molar-refractivity contribution >= 4 is 23.1 Å². The van der Waals surface area contributed by atoms with Gasteiger partial charge in [-0.3, -0.25) is 9.78 Å². The van der Waals surface area contributed by atoms with Gasteiger partial charge in [-0.05, 0) is 24.3 Å². The van der Waals surface area contributed by atoms with Crippen LogP contribution in [0.4, 0.5) is 21.6 Å². The molecule has 0 aliphatic heterocycles. The maximum absolute atomic E-state index is 12.4. The van der Waals surface area contributed by atoms with Gasteiger partial charge in [0.05, 0.1) is 30.3 Å². The zero-order chi connectivity index (χ0) is 21.2. The van der Waals surface area contributed by atoms with Crippen molar-refractivity contribution in [3.05, 3.63) is 60.4 Å². The molecule has 0 atom stereocenters. The lowest BCUT2D eigenvalue weighted by atomic mass is 10.3. The van der Waals surface area contributed by atoms with Crippen molar-refractivity contribution in [3.8, 4) is 17.7 Å². The second-order valence-electron chi connectivity index (χ2n) is 5.80. The van der Waals surface area contributed by atoms with Crippen LogP contribution in [0.5, 0.6) is 5.88 Å². The highest BCUT2D eigenvalue weighted by atomic mass is 19.1. The normalized spacial score (nSPS) is 9.90. The van der Waals surface area contributed by atoms with Crippen LogP contribution in [0.2, 0.25) is 0 Å². The molecule has 30 heavy (non-hydrogen) atoms. The highest BCUT2D eigenvalue weighted by Gasteiger charge is 2.10. The molecule has 0 spiro atoms. The van der Waals surface area contributed by atoms with Crippen LogP contribution in [0.25, 0.3) is 0 Å². The fraction of sp³-hybridized carbons (Fsp3) is 0.150. The molecule has 0 saturated carbocycles. The largest absolute Gasteiger partial charge is 0.463 e. The standard InChI is InChI=1S/C20H18FN7O2/c21-6-1-2-9-30-18-13-26-17(12-27-18)20(29)28-14-5-8-23-15(10-14)11-25-16-4-3-7-24-19(16)22/h3-5,7-8,10,12-13,25H,6,9,11H2,(H2,22,24)(H,23,28,29). The molecule has 3 aromatic rings. The van der Waals surface area contributed by atoms with Crippen LogP contribution in [0.3, 0.4) is 0 Å². The molecule has 9 nitrogen and oxygen atoms in total. The summed E-state index contributed by atoms with van der Waals surface area (Å²) in [5.74, 6) is 4.84. The number of nitrogens with two attached hydrogens (primary N) is 1. The third-order valence-corrected chi connectivity index (χ3v) is 3.72. The molecule has 0 aliphatic carbocycles. The molecule has 3 rings (SSSR count). The lowest BCUT2D eigenvalue weighted by Crippen LogP contribution is -2.15. The monoisotopic (exact) mass is 407 g/mol. The number of carbonyl (C=O) groups is 1. The number of hydrogen-bond donors (Lipinski definition) is 3. The fourth-order valence-corrected chi connectivity index (χ4v) is 2.32. The topological polar surface area (TPSA) is 128 Å². The van der Waals surface area contributed by atoms with E-state index in [0.717, 1.165) is 0 Å². The molecule has 0 saturated heterocycles. The van der Waals surface area contributed by atoms with E-state index in [9.17, 15) is 9.18 Å². The number of halogens is 1. The van der Waals surface area contributed by atoms with Crippen molar-refractivity contribution in [1.82, 2.24) is 19.9 Å². The van der Waals surface area contributed by atoms with Gasteiger partial charge in [0.25, 0.3) is 5.91 Å². The SMILES string of the molecule is Nc1ncccc1NCc1cc(NC(=O)c2cnc(OCC#CCF)cn2)ccn1. The van der Waals surface area contributed by atoms with E-state index in [2.05, 4.69) is 42.4 Å². The predicted octanol–water partition coefficient (Wildman–Crippen LogP) is 2.06. The number of pyridine rings is 2. The van der Waals surface area contributed by atoms with Gasteiger partial charge in [0, 0.05) is 18.1 Å². The number of carbonyl (C=O) groups excluding carboxylic acids is 1. The number of nitrogens with zero attached hydrogens (tertiary/aromatic N) is 4. The average Bonchev–Trinajstić information content (AvgIpc) is 2.77. The summed E-state index contributed by atoms with van der Waals surface area (Å²) < 4.78 is 17.1. The predicted molar refractivity (Wildman–Crippen MR) is 109 cm³/mol. The third-order valence-electron chi connectivity index (χ3n) is 3.72. The maximum Gasteiger partial charge on any atom is 0.275 e. The Morgan fingerprint density at radius 1 is 1.13 bits per heavy atom. The molecule has 0 aromatic carbocycles. The molecule has 0 bridgehead atoms. The Balaban J connectivity index is 1.57. The Morgan fingerprint density at radius 3 is 2.80 bits per heavy atom. The molecule has 0 radical (unpaired) electrons. The van der Waals surface area contributed by atoms with Gasteiger partial charge in [-0.2, -0.15) is 0 Å². The highest BCUT2D eigenvalue weighted by molar-refractivity contribution is 6.02. The van der Waals surface area contributed by atoms with Crippen LogP contribution in [-0.4, -0.2) is 39.1 Å². The molecule has 152 valence electrons. The van der Waals surface area contributed by atoms with Crippen molar-refractivity contribution in [3.63, 3.8) is 0 Å². The average molecular weight is 407 g/mol. The van der Waals surface area contributed by atoms with Gasteiger partial charge in [-0.15, -0.1) is 0 Å². The number of ether oxygens (including phenoxy) is 1. The number of hydrogen-bond acceptors (Lipinski definition) is 8. The number of aromatic nitrogens is 4. The summed E-state index contributed by atoms with van der Waals surface area (Å²) in [6.07, 6.45) is 5.77. The van der Waals surface area contributed by atoms with Gasteiger partial charge in [0.15, 0.2) is 6.61 Å². The minimum Gasteiger partial charge on any atom is -0.463 e. The smallest absolute Gasteiger partial charge is 0.275 e. The molecule has 4 N–H and O–H groups in total. The number of nitrogen functional groups attached to an aromatic ring is 1. The second kappa shape index (κ2) is 10.3. The third kappa shape index (κ3) is 5.87. The molecule has 1 amide bonds. The van der Waals surface area contributed by atoms with Crippen LogP contribution in [0.15, 0.2) is 49.1 Å². The quantitative estimate of drug-likeness (QED) is 0.508. The first-order chi connectivity index (χ1) is 14.7. The summed E-state index contributed by atoms with van der Waals surface area (Å²) in [5, 5.41) is 5.88. The van der Waals surface area contributed by atoms with E-state index >= 15 is 0 Å². The van der Waals surface area contributed by atoms with Crippen LogP contribution in [0, 0.1) is 11.8 Å². The molecule has 10 heteroatoms. The maximum atomic E-state index is 12.4. The Labute approximate surface area is 171 Å². The van der Waals surface area contributed by atoms with Crippen molar-refractivity contribution in [2.24, 2.45) is 0 Å². The summed E-state index contributed by atoms with van der Waals surface area (Å²) in [5.41, 5.74) is 7.85. The molecular formula is C20H18FN7O2. The van der Waals surface area contributed by atoms with E-state index in [0.29, 0.717) is 29.4 Å². The Hall–Kier alpha value is -4.26. The summed E-state index contributed by atoms with van der Waals surface area (Å²) in [4.78, 5) is 28.6. The van der Waals surface area contributed by atoms with E-state index in [4.69, 9.17) is 10.5 Å². The van der Waals surface area contributed by atoms with Crippen molar-refractivity contribution in [2.45, 2.75) is 6.54 Å². The van der Waals surface area contributed by atoms with E-state index in [1.165, 1.54) is 12.4 Å². The molecule has 0 fully saturated rings. The zero-order valence-corrected chi connectivity index (χ0v) is 15.8. The number of anilines is 3. The molecule has 0 aliphatic rings. The van der Waals surface area contributed by atoms with E-state index in [1.54, 1.807) is 30.6 Å². The van der Waals surface area contributed by atoms with Gasteiger partial charge in [0.1, 0.15) is 18.2 Å². The Kier molecular flexibility index (Phi) is 7.05. The first-order valence-corrected chi connectivity index (χ1v) is 8.83. The first kappa shape index (κ1) is 20.5. The fourth-order valence-electron chi connectivity index (χ4n) is 2.32. The lowest BCUT2D eigenvalue weighted by molar-refractivity contribution is 0.102. The molecular weight excluding hydrogens is 389 g/mol. The molecule has 3 aromatic heterocycles. The minimum absolute atomic E-state index is 0.0112. The van der Waals surface area contributed by atoms with Crippen LogP contribution in [0.1, 0.15) is 16.2 Å². The summed E-state index contributed by atoms with van der Waals surface area (Å²) in [6, 6.07) is 6.98. The highest BCUT2D eigenvalue weighted by Crippen LogP contribution is 2.16. The van der Waals surface area contributed by atoms with Crippen LogP contribution < -0.4 is 21.1 Å². The number of amides is 1. The van der Waals surface area contributed by atoms with E-state index < -0.39 is 12.6 Å². The molecule has 0 unspecified atom stereocenters. The first-order valence-electron chi connectivity index (χ1n) is 8.83. The van der Waals surface area contributed by atoms with Crippen LogP contribution in [-0.2, 0) is 6.54 Å². The van der Waals surface area contributed by atoms with Gasteiger partial charge >= 0.3 is 0 Å². The zero-order valence-electron chi connectivity index (χ0n) is 15.8. The van der Waals surface area contributed by atoms with Gasteiger partial charge in [-0.25, -0.2) is 19.3 Å². The lowest BCUT2D eigenvalue weighted by Gasteiger charge is -2.09. The number of rotatable bonds is 7. The number of alkyl halides is 1. The summed E-state index contributed by atoms with van der Waals surface area (Å²) >= 11 is 0. The summed E-state index contributed by atoms with van der Waals surface area (Å²) in [7, 11) is 0. The van der Waals surface area contributed by atoms with Crippen LogP contribution >= 0.6 is 0 Å². The van der Waals surface area contributed by atoms with Crippen molar-refractivity contribution < 1.29 is 13.9 Å². The van der Waals surface area contributed by atoms with Gasteiger partial charge < -0.3 is 21.1 Å². The van der Waals surface area contributed by atoms with Crippen molar-refractivity contribution in [1.29, 1.82) is 0 Å². The Morgan fingerprint density at radius 2 is 2.03 bits per heavy atom. The van der Waals surface area contributed by atoms with Crippen molar-refractivity contribution in [2.75, 3.05) is 29.6 Å². The minimum atomic E-state index is -0.738. The van der Waals surface area contributed by atoms with Gasteiger partial charge in [-0.1, -0.05) is 11.8 Å². The summed E-state index contributed by atoms with van der Waals surface area (Å²) in [6.45, 7) is -0.349. The van der Waals surface area contributed by atoms with Gasteiger partial charge in [0.2, 0.25) is 5.88 Å².